The van der Waals surface area contributed by atoms with Gasteiger partial charge >= 0.3 is 5.97 Å². The van der Waals surface area contributed by atoms with Crippen LogP contribution in [0.1, 0.15) is 33.2 Å². The summed E-state index contributed by atoms with van der Waals surface area (Å²) in [5, 5.41) is 3.26. The third-order valence-corrected chi connectivity index (χ3v) is 4.00. The van der Waals surface area contributed by atoms with Gasteiger partial charge in [0.25, 0.3) is 5.91 Å². The minimum Gasteiger partial charge on any atom is -0.491 e. The summed E-state index contributed by atoms with van der Waals surface area (Å²) in [6.45, 7) is 3.98. The van der Waals surface area contributed by atoms with Crippen LogP contribution in [-0.4, -0.2) is 25.6 Å². The smallest absolute Gasteiger partial charge is 0.338 e. The van der Waals surface area contributed by atoms with Crippen LogP contribution in [0.2, 0.25) is 10.0 Å². The van der Waals surface area contributed by atoms with Crippen molar-refractivity contribution in [3.63, 3.8) is 0 Å². The molecular weight excluding hydrogens is 365 g/mol. The summed E-state index contributed by atoms with van der Waals surface area (Å²) in [7, 11) is 1.32. The molecule has 0 aliphatic rings. The van der Waals surface area contributed by atoms with E-state index in [1.54, 1.807) is 25.1 Å². The van der Waals surface area contributed by atoms with E-state index in [-0.39, 0.29) is 16.0 Å². The van der Waals surface area contributed by atoms with Gasteiger partial charge in [-0.15, -0.1) is 0 Å². The van der Waals surface area contributed by atoms with Crippen molar-refractivity contribution in [2.24, 2.45) is 0 Å². The average molecular weight is 382 g/mol. The van der Waals surface area contributed by atoms with Crippen LogP contribution in [0.15, 0.2) is 30.3 Å². The number of benzene rings is 2. The van der Waals surface area contributed by atoms with E-state index in [2.05, 4.69) is 5.32 Å². The maximum Gasteiger partial charge on any atom is 0.338 e. The molecule has 0 radical (unpaired) electrons. The molecule has 0 heterocycles. The fourth-order valence-corrected chi connectivity index (χ4v) is 2.85. The van der Waals surface area contributed by atoms with Gasteiger partial charge in [-0.05, 0) is 49.7 Å². The molecular formula is C18H17Cl2NO4. The Bertz CT molecular complexity index is 798. The largest absolute Gasteiger partial charge is 0.491 e. The molecule has 0 spiro atoms. The molecule has 132 valence electrons. The maximum absolute atomic E-state index is 12.4. The molecule has 0 saturated heterocycles. The molecule has 0 bridgehead atoms. The Morgan fingerprint density at radius 3 is 2.28 bits per heavy atom. The standard InChI is InChI=1S/C18H17Cl2NO4/c1-4-25-16-14(19)8-11(9-15(16)20)17(22)21-12-5-6-13(10(2)7-12)18(23)24-3/h5-9H,4H2,1-3H3,(H,21,22). The second kappa shape index (κ2) is 8.23. The molecule has 0 atom stereocenters. The first-order valence-electron chi connectivity index (χ1n) is 7.49. The van der Waals surface area contributed by atoms with Gasteiger partial charge in [-0.1, -0.05) is 23.2 Å². The van der Waals surface area contributed by atoms with Crippen LogP contribution in [0.5, 0.6) is 5.75 Å². The SMILES string of the molecule is CCOc1c(Cl)cc(C(=O)Nc2ccc(C(=O)OC)c(C)c2)cc1Cl. The minimum atomic E-state index is -0.430. The lowest BCUT2D eigenvalue weighted by Gasteiger charge is -2.12. The van der Waals surface area contributed by atoms with Gasteiger partial charge in [-0.3, -0.25) is 4.79 Å². The molecule has 0 aliphatic heterocycles. The Morgan fingerprint density at radius 2 is 1.76 bits per heavy atom. The number of aryl methyl sites for hydroxylation is 1. The lowest BCUT2D eigenvalue weighted by molar-refractivity contribution is 0.0600. The van der Waals surface area contributed by atoms with Crippen molar-refractivity contribution < 1.29 is 19.1 Å². The number of hydrogen-bond donors (Lipinski definition) is 1. The van der Waals surface area contributed by atoms with E-state index in [0.717, 1.165) is 0 Å². The summed E-state index contributed by atoms with van der Waals surface area (Å²) in [5.74, 6) is -0.460. The van der Waals surface area contributed by atoms with Crippen molar-refractivity contribution in [1.82, 2.24) is 0 Å². The highest BCUT2D eigenvalue weighted by molar-refractivity contribution is 6.37. The summed E-state index contributed by atoms with van der Waals surface area (Å²) in [6.07, 6.45) is 0. The van der Waals surface area contributed by atoms with Gasteiger partial charge in [0.05, 0.1) is 29.3 Å². The molecule has 1 N–H and O–H groups in total. The van der Waals surface area contributed by atoms with Gasteiger partial charge in [0.15, 0.2) is 5.75 Å². The summed E-state index contributed by atoms with van der Waals surface area (Å²) >= 11 is 12.2. The van der Waals surface area contributed by atoms with Gasteiger partial charge < -0.3 is 14.8 Å². The number of rotatable bonds is 5. The molecule has 2 aromatic rings. The van der Waals surface area contributed by atoms with Gasteiger partial charge in [0, 0.05) is 11.3 Å². The van der Waals surface area contributed by atoms with Crippen LogP contribution >= 0.6 is 23.2 Å². The van der Waals surface area contributed by atoms with E-state index in [1.807, 2.05) is 6.92 Å². The number of halogens is 2. The van der Waals surface area contributed by atoms with Crippen molar-refractivity contribution in [1.29, 1.82) is 0 Å². The number of esters is 1. The lowest BCUT2D eigenvalue weighted by atomic mass is 10.1. The van der Waals surface area contributed by atoms with E-state index in [0.29, 0.717) is 34.7 Å². The monoisotopic (exact) mass is 381 g/mol. The van der Waals surface area contributed by atoms with Crippen molar-refractivity contribution in [2.75, 3.05) is 19.0 Å². The van der Waals surface area contributed by atoms with E-state index in [1.165, 1.54) is 19.2 Å². The predicted molar refractivity (Wildman–Crippen MR) is 98.1 cm³/mol. The van der Waals surface area contributed by atoms with Crippen LogP contribution in [0.4, 0.5) is 5.69 Å². The molecule has 0 saturated carbocycles. The van der Waals surface area contributed by atoms with Gasteiger partial charge in [-0.25, -0.2) is 4.79 Å². The number of hydrogen-bond acceptors (Lipinski definition) is 4. The Balaban J connectivity index is 2.22. The predicted octanol–water partition coefficient (Wildman–Crippen LogP) is 4.74. The first-order valence-corrected chi connectivity index (χ1v) is 8.25. The number of carbonyl (C=O) groups excluding carboxylic acids is 2. The fraction of sp³-hybridized carbons (Fsp3) is 0.222. The molecule has 25 heavy (non-hydrogen) atoms. The second-order valence-electron chi connectivity index (χ2n) is 5.18. The van der Waals surface area contributed by atoms with E-state index >= 15 is 0 Å². The Hall–Kier alpha value is -2.24. The number of anilines is 1. The Labute approximate surface area is 155 Å². The van der Waals surface area contributed by atoms with Crippen LogP contribution < -0.4 is 10.1 Å². The van der Waals surface area contributed by atoms with E-state index in [9.17, 15) is 9.59 Å². The molecule has 5 nitrogen and oxygen atoms in total. The highest BCUT2D eigenvalue weighted by Crippen LogP contribution is 2.34. The second-order valence-corrected chi connectivity index (χ2v) is 5.99. The normalized spacial score (nSPS) is 10.3. The quantitative estimate of drug-likeness (QED) is 0.759. The fourth-order valence-electron chi connectivity index (χ4n) is 2.26. The van der Waals surface area contributed by atoms with Crippen molar-refractivity contribution in [3.8, 4) is 5.75 Å². The number of nitrogens with one attached hydrogen (secondary N) is 1. The van der Waals surface area contributed by atoms with Crippen molar-refractivity contribution in [2.45, 2.75) is 13.8 Å². The van der Waals surface area contributed by atoms with Gasteiger partial charge in [-0.2, -0.15) is 0 Å². The summed E-state index contributed by atoms with van der Waals surface area (Å²) < 4.78 is 10.0. The van der Waals surface area contributed by atoms with Crippen molar-refractivity contribution >= 4 is 40.8 Å². The lowest BCUT2D eigenvalue weighted by Crippen LogP contribution is -2.13. The zero-order valence-corrected chi connectivity index (χ0v) is 15.5. The van der Waals surface area contributed by atoms with E-state index < -0.39 is 5.97 Å². The molecule has 1 amide bonds. The zero-order chi connectivity index (χ0) is 18.6. The minimum absolute atomic E-state index is 0.261. The number of methoxy groups -OCH3 is 1. The Morgan fingerprint density at radius 1 is 1.12 bits per heavy atom. The summed E-state index contributed by atoms with van der Waals surface area (Å²) in [5.41, 5.74) is 1.96. The topological polar surface area (TPSA) is 64.6 Å². The van der Waals surface area contributed by atoms with Gasteiger partial charge in [0.1, 0.15) is 0 Å². The molecule has 2 rings (SSSR count). The highest BCUT2D eigenvalue weighted by atomic mass is 35.5. The van der Waals surface area contributed by atoms with Gasteiger partial charge in [0.2, 0.25) is 0 Å². The van der Waals surface area contributed by atoms with Crippen LogP contribution in [0.25, 0.3) is 0 Å². The first-order chi connectivity index (χ1) is 11.9. The molecule has 2 aromatic carbocycles. The third kappa shape index (κ3) is 4.44. The first kappa shape index (κ1) is 19.1. The van der Waals surface area contributed by atoms with Crippen LogP contribution in [-0.2, 0) is 4.74 Å². The summed E-state index contributed by atoms with van der Waals surface area (Å²) in [6, 6.07) is 7.87. The molecule has 0 aromatic heterocycles. The highest BCUT2D eigenvalue weighted by Gasteiger charge is 2.15. The van der Waals surface area contributed by atoms with Crippen LogP contribution in [0.3, 0.4) is 0 Å². The van der Waals surface area contributed by atoms with E-state index in [4.69, 9.17) is 32.7 Å². The maximum atomic E-state index is 12.4. The van der Waals surface area contributed by atoms with Crippen LogP contribution in [0, 0.1) is 6.92 Å². The average Bonchev–Trinajstić information content (AvgIpc) is 2.57. The molecule has 7 heteroatoms. The molecule has 0 unspecified atom stereocenters. The molecule has 0 fully saturated rings. The third-order valence-electron chi connectivity index (χ3n) is 3.44. The molecule has 0 aliphatic carbocycles. The Kier molecular flexibility index (Phi) is 6.28. The number of carbonyl (C=O) groups is 2. The zero-order valence-electron chi connectivity index (χ0n) is 14.0. The number of ether oxygens (including phenoxy) is 2. The number of amides is 1. The van der Waals surface area contributed by atoms with Crippen molar-refractivity contribution in [3.05, 3.63) is 57.1 Å². The summed E-state index contributed by atoms with van der Waals surface area (Å²) in [4.78, 5) is 24.0.